The molecule has 0 fully saturated rings. The summed E-state index contributed by atoms with van der Waals surface area (Å²) in [6.07, 6.45) is 4.03. The van der Waals surface area contributed by atoms with Crippen LogP contribution in [0.1, 0.15) is 16.0 Å². The van der Waals surface area contributed by atoms with Crippen LogP contribution in [0.3, 0.4) is 0 Å². The molecule has 21 heavy (non-hydrogen) atoms. The molecule has 3 rings (SSSR count). The van der Waals surface area contributed by atoms with Gasteiger partial charge in [0.15, 0.2) is 0 Å². The Hall–Kier alpha value is -2.45. The second-order valence-corrected chi connectivity index (χ2v) is 5.56. The smallest absolute Gasteiger partial charge is 0.0708 e. The molecule has 1 heterocycles. The van der Waals surface area contributed by atoms with E-state index in [1.54, 1.807) is 11.3 Å². The average molecular weight is 289 g/mol. The molecule has 2 aromatic carbocycles. The van der Waals surface area contributed by atoms with E-state index < -0.39 is 0 Å². The van der Waals surface area contributed by atoms with Crippen molar-refractivity contribution in [1.82, 2.24) is 0 Å². The molecule has 1 aromatic heterocycles. The van der Waals surface area contributed by atoms with E-state index in [2.05, 4.69) is 46.8 Å². The van der Waals surface area contributed by atoms with E-state index in [0.717, 1.165) is 21.7 Å². The first kappa shape index (κ1) is 13.5. The zero-order chi connectivity index (χ0) is 14.3. The molecule has 0 aliphatic carbocycles. The number of thiophene rings is 1. The maximum absolute atomic E-state index is 4.68. The highest BCUT2D eigenvalue weighted by molar-refractivity contribution is 7.11. The van der Waals surface area contributed by atoms with Gasteiger partial charge in [-0.3, -0.25) is 4.99 Å². The molecule has 2 heteroatoms. The summed E-state index contributed by atoms with van der Waals surface area (Å²) in [6, 6.07) is 24.6. The van der Waals surface area contributed by atoms with Crippen molar-refractivity contribution in [2.75, 3.05) is 0 Å². The molecule has 0 atom stereocenters. The Kier molecular flexibility index (Phi) is 4.39. The second-order valence-electron chi connectivity index (χ2n) is 4.58. The SMILES string of the molecule is C(=N/C(=C\c1ccccc1)c1ccccc1)c1cccs1. The van der Waals surface area contributed by atoms with Crippen molar-refractivity contribution in [3.05, 3.63) is 94.2 Å². The van der Waals surface area contributed by atoms with Crippen LogP contribution in [0.25, 0.3) is 11.8 Å². The first-order valence-corrected chi connectivity index (χ1v) is 7.69. The van der Waals surface area contributed by atoms with Crippen molar-refractivity contribution in [1.29, 1.82) is 0 Å². The van der Waals surface area contributed by atoms with Gasteiger partial charge in [-0.25, -0.2) is 0 Å². The van der Waals surface area contributed by atoms with Gasteiger partial charge in [0.25, 0.3) is 0 Å². The molecule has 0 amide bonds. The van der Waals surface area contributed by atoms with Gasteiger partial charge in [0, 0.05) is 16.7 Å². The zero-order valence-corrected chi connectivity index (χ0v) is 12.3. The van der Waals surface area contributed by atoms with Crippen molar-refractivity contribution < 1.29 is 0 Å². The van der Waals surface area contributed by atoms with Gasteiger partial charge in [0.05, 0.1) is 5.70 Å². The molecule has 3 aromatic rings. The van der Waals surface area contributed by atoms with Gasteiger partial charge in [-0.1, -0.05) is 66.7 Å². The van der Waals surface area contributed by atoms with E-state index >= 15 is 0 Å². The molecular formula is C19H15NS. The largest absolute Gasteiger partial charge is 0.255 e. The van der Waals surface area contributed by atoms with Crippen LogP contribution in [0.5, 0.6) is 0 Å². The van der Waals surface area contributed by atoms with Crippen LogP contribution in [0.4, 0.5) is 0 Å². The lowest BCUT2D eigenvalue weighted by Gasteiger charge is -2.02. The second kappa shape index (κ2) is 6.82. The molecule has 0 unspecified atom stereocenters. The van der Waals surface area contributed by atoms with Gasteiger partial charge in [0.2, 0.25) is 0 Å². The van der Waals surface area contributed by atoms with Crippen molar-refractivity contribution in [3.63, 3.8) is 0 Å². The molecule has 0 saturated heterocycles. The van der Waals surface area contributed by atoms with Crippen LogP contribution in [-0.2, 0) is 0 Å². The lowest BCUT2D eigenvalue weighted by molar-refractivity contribution is 1.52. The minimum atomic E-state index is 0.968. The summed E-state index contributed by atoms with van der Waals surface area (Å²) in [5.41, 5.74) is 3.24. The lowest BCUT2D eigenvalue weighted by Crippen LogP contribution is -1.83. The first-order chi connectivity index (χ1) is 10.4. The van der Waals surface area contributed by atoms with Gasteiger partial charge < -0.3 is 0 Å². The van der Waals surface area contributed by atoms with E-state index in [1.807, 2.05) is 48.7 Å². The van der Waals surface area contributed by atoms with E-state index in [1.165, 1.54) is 0 Å². The zero-order valence-electron chi connectivity index (χ0n) is 11.5. The summed E-state index contributed by atoms with van der Waals surface area (Å²) in [5, 5.41) is 2.06. The Labute approximate surface area is 128 Å². The normalized spacial score (nSPS) is 11.9. The van der Waals surface area contributed by atoms with E-state index in [9.17, 15) is 0 Å². The summed E-state index contributed by atoms with van der Waals surface area (Å²) in [4.78, 5) is 5.84. The van der Waals surface area contributed by atoms with E-state index in [4.69, 9.17) is 0 Å². The summed E-state index contributed by atoms with van der Waals surface area (Å²) >= 11 is 1.69. The van der Waals surface area contributed by atoms with Crippen LogP contribution in [-0.4, -0.2) is 6.21 Å². The quantitative estimate of drug-likeness (QED) is 0.452. The third-order valence-corrected chi connectivity index (χ3v) is 3.85. The molecule has 0 spiro atoms. The van der Waals surface area contributed by atoms with Crippen molar-refractivity contribution in [2.24, 2.45) is 4.99 Å². The van der Waals surface area contributed by atoms with Crippen molar-refractivity contribution >= 4 is 29.3 Å². The summed E-state index contributed by atoms with van der Waals surface area (Å²) in [7, 11) is 0. The van der Waals surface area contributed by atoms with Crippen LogP contribution >= 0.6 is 11.3 Å². The highest BCUT2D eigenvalue weighted by Gasteiger charge is 1.99. The monoisotopic (exact) mass is 289 g/mol. The highest BCUT2D eigenvalue weighted by atomic mass is 32.1. The number of hydrogen-bond donors (Lipinski definition) is 0. The number of nitrogens with zero attached hydrogens (tertiary/aromatic N) is 1. The third-order valence-electron chi connectivity index (χ3n) is 3.05. The van der Waals surface area contributed by atoms with Crippen LogP contribution in [0.15, 0.2) is 83.2 Å². The highest BCUT2D eigenvalue weighted by Crippen LogP contribution is 2.20. The molecule has 0 N–H and O–H groups in total. The molecular weight excluding hydrogens is 274 g/mol. The fourth-order valence-corrected chi connectivity index (χ4v) is 2.59. The third kappa shape index (κ3) is 3.77. The Morgan fingerprint density at radius 3 is 2.19 bits per heavy atom. The van der Waals surface area contributed by atoms with Crippen LogP contribution in [0.2, 0.25) is 0 Å². The van der Waals surface area contributed by atoms with Gasteiger partial charge in [0.1, 0.15) is 0 Å². The van der Waals surface area contributed by atoms with Crippen molar-refractivity contribution in [3.8, 4) is 0 Å². The maximum Gasteiger partial charge on any atom is 0.0708 e. The fraction of sp³-hybridized carbons (Fsp3) is 0. The van der Waals surface area contributed by atoms with Gasteiger partial charge in [-0.15, -0.1) is 11.3 Å². The number of aliphatic imine (C=N–C) groups is 1. The number of rotatable bonds is 4. The summed E-state index contributed by atoms with van der Waals surface area (Å²) in [6.45, 7) is 0. The fourth-order valence-electron chi connectivity index (χ4n) is 2.01. The standard InChI is InChI=1S/C19H15NS/c1-3-8-16(9-4-1)14-19(17-10-5-2-6-11-17)20-15-18-12-7-13-21-18/h1-15H/b19-14-,20-15?. The Morgan fingerprint density at radius 1 is 0.810 bits per heavy atom. The van der Waals surface area contributed by atoms with Crippen LogP contribution in [0, 0.1) is 0 Å². The molecule has 0 saturated carbocycles. The topological polar surface area (TPSA) is 12.4 Å². The minimum absolute atomic E-state index is 0.968. The molecule has 0 bridgehead atoms. The molecule has 0 radical (unpaired) electrons. The van der Waals surface area contributed by atoms with Crippen molar-refractivity contribution in [2.45, 2.75) is 0 Å². The number of benzene rings is 2. The molecule has 0 aliphatic rings. The average Bonchev–Trinajstić information content (AvgIpc) is 3.07. The summed E-state index contributed by atoms with van der Waals surface area (Å²) in [5.74, 6) is 0. The minimum Gasteiger partial charge on any atom is -0.255 e. The Morgan fingerprint density at radius 2 is 1.52 bits per heavy atom. The first-order valence-electron chi connectivity index (χ1n) is 6.81. The van der Waals surface area contributed by atoms with E-state index in [-0.39, 0.29) is 0 Å². The predicted molar refractivity (Wildman–Crippen MR) is 92.7 cm³/mol. The molecule has 102 valence electrons. The van der Waals surface area contributed by atoms with Gasteiger partial charge >= 0.3 is 0 Å². The van der Waals surface area contributed by atoms with Crippen LogP contribution < -0.4 is 0 Å². The Balaban J connectivity index is 1.97. The lowest BCUT2D eigenvalue weighted by atomic mass is 10.1. The van der Waals surface area contributed by atoms with Gasteiger partial charge in [-0.2, -0.15) is 0 Å². The van der Waals surface area contributed by atoms with E-state index in [0.29, 0.717) is 0 Å². The number of hydrogen-bond acceptors (Lipinski definition) is 2. The summed E-state index contributed by atoms with van der Waals surface area (Å²) < 4.78 is 0. The maximum atomic E-state index is 4.68. The van der Waals surface area contributed by atoms with Gasteiger partial charge in [-0.05, 0) is 23.1 Å². The molecule has 1 nitrogen and oxygen atoms in total. The molecule has 0 aliphatic heterocycles. The predicted octanol–water partition coefficient (Wildman–Crippen LogP) is 5.37. The Bertz CT molecular complexity index is 726.